The summed E-state index contributed by atoms with van der Waals surface area (Å²) in [5.41, 5.74) is 0.719. The lowest BCUT2D eigenvalue weighted by Crippen LogP contribution is -2.40. The SMILES string of the molecule is O=C(NCC(O)Cc1ccccc1)C(=O)Nc1cc(F)cc(F)c1. The highest BCUT2D eigenvalue weighted by Crippen LogP contribution is 2.12. The molecule has 24 heavy (non-hydrogen) atoms. The van der Waals surface area contributed by atoms with Crippen LogP contribution in [0, 0.1) is 11.6 Å². The molecule has 3 N–H and O–H groups in total. The van der Waals surface area contributed by atoms with Crippen molar-refractivity contribution in [3.8, 4) is 0 Å². The van der Waals surface area contributed by atoms with Crippen LogP contribution in [0.2, 0.25) is 0 Å². The van der Waals surface area contributed by atoms with E-state index >= 15 is 0 Å². The third kappa shape index (κ3) is 5.44. The topological polar surface area (TPSA) is 78.4 Å². The number of aliphatic hydroxyl groups excluding tert-OH is 1. The zero-order chi connectivity index (χ0) is 17.5. The number of carbonyl (C=O) groups excluding carboxylic acids is 2. The first kappa shape index (κ1) is 17.6. The Bertz CT molecular complexity index is 703. The summed E-state index contributed by atoms with van der Waals surface area (Å²) in [7, 11) is 0. The monoisotopic (exact) mass is 334 g/mol. The molecule has 1 atom stereocenters. The van der Waals surface area contributed by atoms with Gasteiger partial charge in [0.05, 0.1) is 6.10 Å². The summed E-state index contributed by atoms with van der Waals surface area (Å²) in [5, 5.41) is 14.2. The Balaban J connectivity index is 1.82. The molecule has 0 saturated heterocycles. The molecule has 126 valence electrons. The summed E-state index contributed by atoms with van der Waals surface area (Å²) < 4.78 is 26.0. The van der Waals surface area contributed by atoms with Crippen LogP contribution < -0.4 is 10.6 Å². The normalized spacial score (nSPS) is 11.6. The summed E-state index contributed by atoms with van der Waals surface area (Å²) in [4.78, 5) is 23.3. The Labute approximate surface area is 137 Å². The number of halogens is 2. The molecule has 0 spiro atoms. The number of benzene rings is 2. The van der Waals surface area contributed by atoms with Crippen molar-refractivity contribution in [3.05, 3.63) is 65.7 Å². The first-order chi connectivity index (χ1) is 11.4. The summed E-state index contributed by atoms with van der Waals surface area (Å²) in [6.07, 6.45) is -0.548. The minimum atomic E-state index is -1.08. The van der Waals surface area contributed by atoms with Gasteiger partial charge in [0.2, 0.25) is 0 Å². The molecule has 0 fully saturated rings. The van der Waals surface area contributed by atoms with Crippen molar-refractivity contribution in [1.82, 2.24) is 5.32 Å². The van der Waals surface area contributed by atoms with Gasteiger partial charge in [-0.3, -0.25) is 9.59 Å². The molecule has 0 aliphatic heterocycles. The van der Waals surface area contributed by atoms with Crippen LogP contribution in [0.1, 0.15) is 5.56 Å². The van der Waals surface area contributed by atoms with Gasteiger partial charge in [0.1, 0.15) is 11.6 Å². The van der Waals surface area contributed by atoms with Gasteiger partial charge in [0, 0.05) is 24.7 Å². The van der Waals surface area contributed by atoms with Gasteiger partial charge in [-0.1, -0.05) is 30.3 Å². The van der Waals surface area contributed by atoms with Crippen LogP contribution in [0.3, 0.4) is 0 Å². The maximum Gasteiger partial charge on any atom is 0.313 e. The van der Waals surface area contributed by atoms with Gasteiger partial charge in [-0.05, 0) is 17.7 Å². The first-order valence-corrected chi connectivity index (χ1v) is 7.21. The lowest BCUT2D eigenvalue weighted by molar-refractivity contribution is -0.136. The van der Waals surface area contributed by atoms with Crippen molar-refractivity contribution in [2.24, 2.45) is 0 Å². The van der Waals surface area contributed by atoms with E-state index < -0.39 is 29.6 Å². The predicted octanol–water partition coefficient (Wildman–Crippen LogP) is 1.62. The molecule has 7 heteroatoms. The standard InChI is InChI=1S/C17H16F2N2O3/c18-12-7-13(19)9-14(8-12)21-17(24)16(23)20-10-15(22)6-11-4-2-1-3-5-11/h1-5,7-9,15,22H,6,10H2,(H,20,23)(H,21,24). The fourth-order valence-electron chi connectivity index (χ4n) is 2.06. The second-order valence-corrected chi connectivity index (χ2v) is 5.17. The van der Waals surface area contributed by atoms with Crippen molar-refractivity contribution in [1.29, 1.82) is 0 Å². The molecule has 0 aromatic heterocycles. The van der Waals surface area contributed by atoms with Gasteiger partial charge in [-0.15, -0.1) is 0 Å². The molecular formula is C17H16F2N2O3. The maximum absolute atomic E-state index is 13.0. The van der Waals surface area contributed by atoms with Crippen molar-refractivity contribution in [2.75, 3.05) is 11.9 Å². The van der Waals surface area contributed by atoms with Crippen LogP contribution in [0.5, 0.6) is 0 Å². The quantitative estimate of drug-likeness (QED) is 0.727. The van der Waals surface area contributed by atoms with Gasteiger partial charge in [0.15, 0.2) is 0 Å². The van der Waals surface area contributed by atoms with Gasteiger partial charge in [-0.2, -0.15) is 0 Å². The predicted molar refractivity (Wildman–Crippen MR) is 84.2 cm³/mol. The van der Waals surface area contributed by atoms with E-state index in [-0.39, 0.29) is 12.2 Å². The Hall–Kier alpha value is -2.80. The number of carbonyl (C=O) groups is 2. The fourth-order valence-corrected chi connectivity index (χ4v) is 2.06. The van der Waals surface area contributed by atoms with Gasteiger partial charge in [-0.25, -0.2) is 8.78 Å². The lowest BCUT2D eigenvalue weighted by Gasteiger charge is -2.12. The van der Waals surface area contributed by atoms with E-state index in [0.29, 0.717) is 12.5 Å². The van der Waals surface area contributed by atoms with E-state index in [1.807, 2.05) is 30.3 Å². The maximum atomic E-state index is 13.0. The Morgan fingerprint density at radius 3 is 2.25 bits per heavy atom. The van der Waals surface area contributed by atoms with Crippen molar-refractivity contribution in [2.45, 2.75) is 12.5 Å². The molecule has 0 aliphatic carbocycles. The van der Waals surface area contributed by atoms with E-state index in [2.05, 4.69) is 10.6 Å². The molecule has 2 rings (SSSR count). The minimum Gasteiger partial charge on any atom is -0.391 e. The summed E-state index contributed by atoms with van der Waals surface area (Å²) >= 11 is 0. The number of aliphatic hydroxyl groups is 1. The molecule has 1 unspecified atom stereocenters. The summed E-state index contributed by atoms with van der Waals surface area (Å²) in [5.74, 6) is -3.83. The molecule has 2 aromatic rings. The van der Waals surface area contributed by atoms with Crippen LogP contribution in [-0.2, 0) is 16.0 Å². The van der Waals surface area contributed by atoms with Gasteiger partial charge in [0.25, 0.3) is 0 Å². The largest absolute Gasteiger partial charge is 0.391 e. The van der Waals surface area contributed by atoms with Crippen molar-refractivity contribution in [3.63, 3.8) is 0 Å². The van der Waals surface area contributed by atoms with E-state index in [9.17, 15) is 23.5 Å². The Morgan fingerprint density at radius 1 is 1.00 bits per heavy atom. The smallest absolute Gasteiger partial charge is 0.313 e. The number of anilines is 1. The molecule has 0 saturated carbocycles. The van der Waals surface area contributed by atoms with E-state index in [1.54, 1.807) is 0 Å². The average molecular weight is 334 g/mol. The number of nitrogens with one attached hydrogen (secondary N) is 2. The third-order valence-corrected chi connectivity index (χ3v) is 3.14. The Morgan fingerprint density at radius 2 is 1.62 bits per heavy atom. The molecule has 0 aliphatic rings. The summed E-state index contributed by atoms with van der Waals surface area (Å²) in [6.45, 7) is -0.126. The van der Waals surface area contributed by atoms with Crippen LogP contribution in [0.4, 0.5) is 14.5 Å². The van der Waals surface area contributed by atoms with Crippen molar-refractivity contribution < 1.29 is 23.5 Å². The van der Waals surface area contributed by atoms with Gasteiger partial charge < -0.3 is 15.7 Å². The minimum absolute atomic E-state index is 0.126. The average Bonchev–Trinajstić information content (AvgIpc) is 2.52. The van der Waals surface area contributed by atoms with Crippen LogP contribution >= 0.6 is 0 Å². The molecular weight excluding hydrogens is 318 g/mol. The van der Waals surface area contributed by atoms with E-state index in [0.717, 1.165) is 17.7 Å². The van der Waals surface area contributed by atoms with Crippen LogP contribution in [0.25, 0.3) is 0 Å². The number of hydrogen-bond acceptors (Lipinski definition) is 3. The molecule has 0 heterocycles. The molecule has 2 aromatic carbocycles. The second-order valence-electron chi connectivity index (χ2n) is 5.17. The molecule has 0 radical (unpaired) electrons. The fraction of sp³-hybridized carbons (Fsp3) is 0.176. The first-order valence-electron chi connectivity index (χ1n) is 7.21. The van der Waals surface area contributed by atoms with Crippen LogP contribution in [-0.4, -0.2) is 29.6 Å². The Kier molecular flexibility index (Phi) is 5.97. The highest BCUT2D eigenvalue weighted by molar-refractivity contribution is 6.39. The van der Waals surface area contributed by atoms with Crippen LogP contribution in [0.15, 0.2) is 48.5 Å². The highest BCUT2D eigenvalue weighted by Gasteiger charge is 2.16. The molecule has 5 nitrogen and oxygen atoms in total. The molecule has 2 amide bonds. The van der Waals surface area contributed by atoms with E-state index in [4.69, 9.17) is 0 Å². The van der Waals surface area contributed by atoms with E-state index in [1.165, 1.54) is 0 Å². The highest BCUT2D eigenvalue weighted by atomic mass is 19.1. The number of amides is 2. The summed E-state index contributed by atoms with van der Waals surface area (Å²) in [6, 6.07) is 11.6. The number of rotatable bonds is 5. The number of hydrogen-bond donors (Lipinski definition) is 3. The second kappa shape index (κ2) is 8.16. The lowest BCUT2D eigenvalue weighted by atomic mass is 10.1. The third-order valence-electron chi connectivity index (χ3n) is 3.14. The van der Waals surface area contributed by atoms with Crippen molar-refractivity contribution >= 4 is 17.5 Å². The van der Waals surface area contributed by atoms with Gasteiger partial charge >= 0.3 is 11.8 Å². The zero-order valence-corrected chi connectivity index (χ0v) is 12.6. The zero-order valence-electron chi connectivity index (χ0n) is 12.6. The molecule has 0 bridgehead atoms.